The van der Waals surface area contributed by atoms with Gasteiger partial charge in [-0.25, -0.2) is 13.4 Å². The van der Waals surface area contributed by atoms with E-state index in [0.717, 1.165) is 25.6 Å². The standard InChI is InChI=1S/C14H22N4O2S/c1-15-13-3-2-6-16-14(13)21(19,20)18-9-7-17(8-10-18)11-12-4-5-12/h2-3,6,12,15H,4-5,7-11H2,1H3. The quantitative estimate of drug-likeness (QED) is 0.873. The Balaban J connectivity index is 1.70. The number of hydrogen-bond acceptors (Lipinski definition) is 5. The van der Waals surface area contributed by atoms with Crippen molar-refractivity contribution in [3.05, 3.63) is 18.3 Å². The maximum absolute atomic E-state index is 12.7. The summed E-state index contributed by atoms with van der Waals surface area (Å²) in [6.45, 7) is 3.86. The van der Waals surface area contributed by atoms with E-state index in [0.29, 0.717) is 18.8 Å². The minimum Gasteiger partial charge on any atom is -0.386 e. The first-order valence-corrected chi connectivity index (χ1v) is 8.90. The van der Waals surface area contributed by atoms with Crippen LogP contribution in [-0.2, 0) is 10.0 Å². The second-order valence-corrected chi connectivity index (χ2v) is 7.61. The van der Waals surface area contributed by atoms with Crippen LogP contribution < -0.4 is 5.32 Å². The summed E-state index contributed by atoms with van der Waals surface area (Å²) in [7, 11) is -1.80. The second-order valence-electron chi connectivity index (χ2n) is 5.75. The Morgan fingerprint density at radius 2 is 2.00 bits per heavy atom. The van der Waals surface area contributed by atoms with Gasteiger partial charge in [0.2, 0.25) is 0 Å². The number of anilines is 1. The lowest BCUT2D eigenvalue weighted by Gasteiger charge is -2.33. The zero-order chi connectivity index (χ0) is 14.9. The largest absolute Gasteiger partial charge is 0.386 e. The lowest BCUT2D eigenvalue weighted by molar-refractivity contribution is 0.182. The molecule has 1 saturated heterocycles. The molecular weight excluding hydrogens is 288 g/mol. The SMILES string of the molecule is CNc1cccnc1S(=O)(=O)N1CCN(CC2CC2)CC1. The third-order valence-corrected chi connectivity index (χ3v) is 6.03. The number of aromatic nitrogens is 1. The van der Waals surface area contributed by atoms with Crippen LogP contribution in [0.3, 0.4) is 0 Å². The summed E-state index contributed by atoms with van der Waals surface area (Å²) in [4.78, 5) is 6.44. The number of nitrogens with zero attached hydrogens (tertiary/aromatic N) is 3. The highest BCUT2D eigenvalue weighted by Gasteiger charge is 2.33. The van der Waals surface area contributed by atoms with Crippen molar-refractivity contribution in [2.45, 2.75) is 17.9 Å². The molecule has 0 amide bonds. The Hall–Kier alpha value is -1.18. The molecular formula is C14H22N4O2S. The Labute approximate surface area is 126 Å². The first kappa shape index (κ1) is 14.7. The molecule has 6 nitrogen and oxygen atoms in total. The molecule has 0 spiro atoms. The van der Waals surface area contributed by atoms with Crippen molar-refractivity contribution in [3.8, 4) is 0 Å². The van der Waals surface area contributed by atoms with Crippen molar-refractivity contribution >= 4 is 15.7 Å². The summed E-state index contributed by atoms with van der Waals surface area (Å²) in [6, 6.07) is 3.47. The van der Waals surface area contributed by atoms with Gasteiger partial charge in [-0.2, -0.15) is 4.31 Å². The number of nitrogens with one attached hydrogen (secondary N) is 1. The fraction of sp³-hybridized carbons (Fsp3) is 0.643. The Kier molecular flexibility index (Phi) is 4.14. The molecule has 3 rings (SSSR count). The van der Waals surface area contributed by atoms with E-state index in [-0.39, 0.29) is 5.03 Å². The lowest BCUT2D eigenvalue weighted by Crippen LogP contribution is -2.49. The van der Waals surface area contributed by atoms with Crippen molar-refractivity contribution in [1.29, 1.82) is 0 Å². The summed E-state index contributed by atoms with van der Waals surface area (Å²) in [6.07, 6.45) is 4.19. The van der Waals surface area contributed by atoms with Crippen molar-refractivity contribution in [1.82, 2.24) is 14.2 Å². The molecule has 1 aromatic heterocycles. The average Bonchev–Trinajstić information content (AvgIpc) is 3.32. The average molecular weight is 310 g/mol. The maximum atomic E-state index is 12.7. The molecule has 0 unspecified atom stereocenters. The van der Waals surface area contributed by atoms with E-state index in [9.17, 15) is 8.42 Å². The highest BCUT2D eigenvalue weighted by atomic mass is 32.2. The number of piperazine rings is 1. The first-order valence-electron chi connectivity index (χ1n) is 7.46. The second kappa shape index (κ2) is 5.90. The fourth-order valence-corrected chi connectivity index (χ4v) is 4.26. The molecule has 1 aromatic rings. The normalized spacial score (nSPS) is 21.4. The van der Waals surface area contributed by atoms with Crippen LogP contribution in [0.2, 0.25) is 0 Å². The molecule has 2 fully saturated rings. The molecule has 0 aromatic carbocycles. The first-order chi connectivity index (χ1) is 10.1. The van der Waals surface area contributed by atoms with E-state index in [1.54, 1.807) is 23.5 Å². The maximum Gasteiger partial charge on any atom is 0.262 e. The lowest BCUT2D eigenvalue weighted by atomic mass is 10.3. The highest BCUT2D eigenvalue weighted by Crippen LogP contribution is 2.30. The molecule has 1 saturated carbocycles. The highest BCUT2D eigenvalue weighted by molar-refractivity contribution is 7.89. The van der Waals surface area contributed by atoms with Gasteiger partial charge in [-0.15, -0.1) is 0 Å². The monoisotopic (exact) mass is 310 g/mol. The van der Waals surface area contributed by atoms with Gasteiger partial charge < -0.3 is 10.2 Å². The van der Waals surface area contributed by atoms with E-state index in [1.807, 2.05) is 0 Å². The molecule has 2 aliphatic rings. The van der Waals surface area contributed by atoms with Gasteiger partial charge in [-0.3, -0.25) is 0 Å². The smallest absolute Gasteiger partial charge is 0.262 e. The van der Waals surface area contributed by atoms with E-state index in [2.05, 4.69) is 15.2 Å². The number of rotatable bonds is 5. The van der Waals surface area contributed by atoms with E-state index in [4.69, 9.17) is 0 Å². The van der Waals surface area contributed by atoms with Crippen LogP contribution in [0.1, 0.15) is 12.8 Å². The van der Waals surface area contributed by atoms with Gasteiger partial charge in [-0.1, -0.05) is 0 Å². The fourth-order valence-electron chi connectivity index (χ4n) is 2.73. The van der Waals surface area contributed by atoms with Crippen LogP contribution >= 0.6 is 0 Å². The Morgan fingerprint density at radius 3 is 2.62 bits per heavy atom. The Bertz CT molecular complexity index is 593. The predicted octanol–water partition coefficient (Wildman–Crippen LogP) is 0.840. The van der Waals surface area contributed by atoms with Crippen molar-refractivity contribution in [2.24, 2.45) is 5.92 Å². The van der Waals surface area contributed by atoms with Gasteiger partial charge in [0, 0.05) is 46.0 Å². The molecule has 1 aliphatic carbocycles. The predicted molar refractivity (Wildman–Crippen MR) is 81.7 cm³/mol. The van der Waals surface area contributed by atoms with Gasteiger partial charge in [0.1, 0.15) is 0 Å². The van der Waals surface area contributed by atoms with Crippen LogP contribution in [-0.4, -0.2) is 62.4 Å². The Morgan fingerprint density at radius 1 is 1.29 bits per heavy atom. The summed E-state index contributed by atoms with van der Waals surface area (Å²) >= 11 is 0. The molecule has 116 valence electrons. The molecule has 2 heterocycles. The number of sulfonamides is 1. The molecule has 1 aliphatic heterocycles. The van der Waals surface area contributed by atoms with E-state index < -0.39 is 10.0 Å². The van der Waals surface area contributed by atoms with Crippen LogP contribution in [0.25, 0.3) is 0 Å². The van der Waals surface area contributed by atoms with Crippen molar-refractivity contribution < 1.29 is 8.42 Å². The molecule has 0 bridgehead atoms. The van der Waals surface area contributed by atoms with Crippen LogP contribution in [0, 0.1) is 5.92 Å². The van der Waals surface area contributed by atoms with E-state index in [1.165, 1.54) is 19.0 Å². The molecule has 0 radical (unpaired) electrons. The van der Waals surface area contributed by atoms with Gasteiger partial charge in [0.05, 0.1) is 5.69 Å². The van der Waals surface area contributed by atoms with E-state index >= 15 is 0 Å². The summed E-state index contributed by atoms with van der Waals surface area (Å²) < 4.78 is 27.0. The minimum absolute atomic E-state index is 0.128. The molecule has 7 heteroatoms. The van der Waals surface area contributed by atoms with Gasteiger partial charge >= 0.3 is 0 Å². The molecule has 1 N–H and O–H groups in total. The zero-order valence-electron chi connectivity index (χ0n) is 12.3. The van der Waals surface area contributed by atoms with Crippen molar-refractivity contribution in [2.75, 3.05) is 45.1 Å². The van der Waals surface area contributed by atoms with Crippen molar-refractivity contribution in [3.63, 3.8) is 0 Å². The van der Waals surface area contributed by atoms with Crippen LogP contribution in [0.4, 0.5) is 5.69 Å². The van der Waals surface area contributed by atoms with Gasteiger partial charge in [0.25, 0.3) is 10.0 Å². The summed E-state index contributed by atoms with van der Waals surface area (Å²) in [5, 5.41) is 3.03. The van der Waals surface area contributed by atoms with Crippen LogP contribution in [0.15, 0.2) is 23.4 Å². The summed E-state index contributed by atoms with van der Waals surface area (Å²) in [5.74, 6) is 0.847. The molecule has 21 heavy (non-hydrogen) atoms. The topological polar surface area (TPSA) is 65.5 Å². The zero-order valence-corrected chi connectivity index (χ0v) is 13.1. The molecule has 0 atom stereocenters. The number of pyridine rings is 1. The third kappa shape index (κ3) is 3.20. The number of hydrogen-bond donors (Lipinski definition) is 1. The third-order valence-electron chi connectivity index (χ3n) is 4.17. The summed E-state index contributed by atoms with van der Waals surface area (Å²) in [5.41, 5.74) is 0.554. The van der Waals surface area contributed by atoms with Gasteiger partial charge in [-0.05, 0) is 30.9 Å². The van der Waals surface area contributed by atoms with Gasteiger partial charge in [0.15, 0.2) is 5.03 Å². The van der Waals surface area contributed by atoms with Crippen LogP contribution in [0.5, 0.6) is 0 Å². The minimum atomic E-state index is -3.51.